The topological polar surface area (TPSA) is 68.5 Å². The van der Waals surface area contributed by atoms with Crippen LogP contribution in [-0.2, 0) is 16.6 Å². The van der Waals surface area contributed by atoms with Gasteiger partial charge in [-0.25, -0.2) is 0 Å². The van der Waals surface area contributed by atoms with Gasteiger partial charge in [0.15, 0.2) is 5.82 Å². The number of carbonyl (C=O) groups is 1. The number of hydrogen-bond acceptors (Lipinski definition) is 5. The van der Waals surface area contributed by atoms with Crippen molar-refractivity contribution in [3.63, 3.8) is 0 Å². The largest absolute Gasteiger partial charge is 0.497 e. The van der Waals surface area contributed by atoms with E-state index >= 15 is 0 Å². The highest BCUT2D eigenvalue weighted by Crippen LogP contribution is 2.45. The van der Waals surface area contributed by atoms with E-state index in [1.165, 1.54) is 12.8 Å². The summed E-state index contributed by atoms with van der Waals surface area (Å²) in [4.78, 5) is 19.6. The first-order valence-electron chi connectivity index (χ1n) is 9.79. The molecule has 2 aliphatic rings. The van der Waals surface area contributed by atoms with Gasteiger partial charge >= 0.3 is 0 Å². The zero-order chi connectivity index (χ0) is 18.9. The summed E-state index contributed by atoms with van der Waals surface area (Å²) >= 11 is 0. The van der Waals surface area contributed by atoms with Gasteiger partial charge in [0.05, 0.1) is 18.9 Å². The number of nitrogens with zero attached hydrogens (tertiary/aromatic N) is 3. The molecule has 0 bridgehead atoms. The SMILES string of the molecule is COc1cccc(CC(=O)N2CCCC(CC3CC3)(c3noc(C)n3)C2)c1. The molecular weight excluding hydrogens is 342 g/mol. The van der Waals surface area contributed by atoms with E-state index in [1.807, 2.05) is 36.1 Å². The van der Waals surface area contributed by atoms with Crippen LogP contribution in [-0.4, -0.2) is 41.1 Å². The predicted molar refractivity (Wildman–Crippen MR) is 101 cm³/mol. The monoisotopic (exact) mass is 369 g/mol. The summed E-state index contributed by atoms with van der Waals surface area (Å²) in [6.45, 7) is 3.31. The lowest BCUT2D eigenvalue weighted by Gasteiger charge is -2.41. The molecule has 6 heteroatoms. The fourth-order valence-corrected chi connectivity index (χ4v) is 4.24. The van der Waals surface area contributed by atoms with E-state index in [2.05, 4.69) is 10.1 Å². The van der Waals surface area contributed by atoms with Gasteiger partial charge in [-0.05, 0) is 42.9 Å². The van der Waals surface area contributed by atoms with Gasteiger partial charge in [0.25, 0.3) is 0 Å². The molecular formula is C21H27N3O3. The van der Waals surface area contributed by atoms with E-state index < -0.39 is 0 Å². The van der Waals surface area contributed by atoms with Crippen LogP contribution < -0.4 is 4.74 Å². The number of likely N-dealkylation sites (tertiary alicyclic amines) is 1. The number of piperidine rings is 1. The Bertz CT molecular complexity index is 815. The van der Waals surface area contributed by atoms with Crippen molar-refractivity contribution in [3.05, 3.63) is 41.5 Å². The molecule has 6 nitrogen and oxygen atoms in total. The van der Waals surface area contributed by atoms with Crippen molar-refractivity contribution in [1.82, 2.24) is 15.0 Å². The summed E-state index contributed by atoms with van der Waals surface area (Å²) < 4.78 is 10.6. The Hall–Kier alpha value is -2.37. The van der Waals surface area contributed by atoms with Gasteiger partial charge in [-0.1, -0.05) is 30.1 Å². The zero-order valence-corrected chi connectivity index (χ0v) is 16.1. The summed E-state index contributed by atoms with van der Waals surface area (Å²) in [6, 6.07) is 7.73. The third-order valence-electron chi connectivity index (χ3n) is 5.80. The third kappa shape index (κ3) is 3.99. The molecule has 144 valence electrons. The molecule has 2 aromatic rings. The maximum Gasteiger partial charge on any atom is 0.227 e. The molecule has 1 aliphatic heterocycles. The van der Waals surface area contributed by atoms with E-state index in [9.17, 15) is 4.79 Å². The molecule has 0 N–H and O–H groups in total. The minimum atomic E-state index is -0.165. The normalized spacial score (nSPS) is 22.7. The van der Waals surface area contributed by atoms with E-state index in [4.69, 9.17) is 9.26 Å². The molecule has 4 rings (SSSR count). The second-order valence-corrected chi connectivity index (χ2v) is 8.01. The van der Waals surface area contributed by atoms with Crippen molar-refractivity contribution in [2.24, 2.45) is 5.92 Å². The number of amides is 1. The lowest BCUT2D eigenvalue weighted by molar-refractivity contribution is -0.133. The molecule has 27 heavy (non-hydrogen) atoms. The maximum atomic E-state index is 13.0. The maximum absolute atomic E-state index is 13.0. The smallest absolute Gasteiger partial charge is 0.227 e. The second kappa shape index (κ2) is 7.33. The van der Waals surface area contributed by atoms with Gasteiger partial charge in [-0.3, -0.25) is 4.79 Å². The van der Waals surface area contributed by atoms with Gasteiger partial charge in [-0.15, -0.1) is 0 Å². The van der Waals surface area contributed by atoms with Crippen molar-refractivity contribution >= 4 is 5.91 Å². The molecule has 1 atom stereocenters. The van der Waals surface area contributed by atoms with Crippen LogP contribution in [0.25, 0.3) is 0 Å². The summed E-state index contributed by atoms with van der Waals surface area (Å²) in [5, 5.41) is 4.25. The quantitative estimate of drug-likeness (QED) is 0.781. The Labute approximate surface area is 159 Å². The Morgan fingerprint density at radius 2 is 2.26 bits per heavy atom. The Balaban J connectivity index is 1.52. The first kappa shape index (κ1) is 18.0. The summed E-state index contributed by atoms with van der Waals surface area (Å²) in [6.07, 6.45) is 5.99. The van der Waals surface area contributed by atoms with E-state index in [0.29, 0.717) is 18.9 Å². The Kier molecular flexibility index (Phi) is 4.89. The average Bonchev–Trinajstić information content (AvgIpc) is 3.38. The van der Waals surface area contributed by atoms with Crippen molar-refractivity contribution in [2.75, 3.05) is 20.2 Å². The third-order valence-corrected chi connectivity index (χ3v) is 5.80. The summed E-state index contributed by atoms with van der Waals surface area (Å²) in [7, 11) is 1.64. The van der Waals surface area contributed by atoms with Gasteiger partial charge in [0.1, 0.15) is 5.75 Å². The fourth-order valence-electron chi connectivity index (χ4n) is 4.24. The second-order valence-electron chi connectivity index (χ2n) is 8.01. The minimum Gasteiger partial charge on any atom is -0.497 e. The number of hydrogen-bond donors (Lipinski definition) is 0. The van der Waals surface area contributed by atoms with Crippen LogP contribution >= 0.6 is 0 Å². The first-order valence-corrected chi connectivity index (χ1v) is 9.79. The molecule has 1 aliphatic carbocycles. The number of methoxy groups -OCH3 is 1. The first-order chi connectivity index (χ1) is 13.1. The summed E-state index contributed by atoms with van der Waals surface area (Å²) in [5.74, 6) is 3.05. The van der Waals surface area contributed by atoms with Gasteiger partial charge in [0.2, 0.25) is 11.8 Å². The van der Waals surface area contributed by atoms with Crippen LogP contribution in [0.15, 0.2) is 28.8 Å². The number of carbonyl (C=O) groups excluding carboxylic acids is 1. The Morgan fingerprint density at radius 3 is 2.96 bits per heavy atom. The molecule has 0 radical (unpaired) electrons. The fraction of sp³-hybridized carbons (Fsp3) is 0.571. The number of benzene rings is 1. The van der Waals surface area contributed by atoms with Crippen LogP contribution in [0.5, 0.6) is 5.75 Å². The molecule has 1 saturated carbocycles. The lowest BCUT2D eigenvalue weighted by atomic mass is 9.74. The standard InChI is InChI=1S/C21H27N3O3/c1-15-22-20(23-27-15)21(13-16-7-8-16)9-4-10-24(14-21)19(25)12-17-5-3-6-18(11-17)26-2/h3,5-6,11,16H,4,7-10,12-14H2,1-2H3. The molecule has 2 fully saturated rings. The summed E-state index contributed by atoms with van der Waals surface area (Å²) in [5.41, 5.74) is 0.814. The van der Waals surface area contributed by atoms with E-state index in [1.54, 1.807) is 7.11 Å². The number of aryl methyl sites for hydroxylation is 1. The average molecular weight is 369 g/mol. The van der Waals surface area contributed by atoms with Crippen molar-refractivity contribution in [1.29, 1.82) is 0 Å². The van der Waals surface area contributed by atoms with E-state index in [0.717, 1.165) is 48.9 Å². The van der Waals surface area contributed by atoms with Crippen molar-refractivity contribution in [2.45, 2.75) is 50.9 Å². The number of rotatable bonds is 6. The molecule has 1 unspecified atom stereocenters. The van der Waals surface area contributed by atoms with Crippen molar-refractivity contribution in [3.8, 4) is 5.75 Å². The van der Waals surface area contributed by atoms with E-state index in [-0.39, 0.29) is 11.3 Å². The highest BCUT2D eigenvalue weighted by Gasteiger charge is 2.45. The number of ether oxygens (including phenoxy) is 1. The Morgan fingerprint density at radius 1 is 1.41 bits per heavy atom. The predicted octanol–water partition coefficient (Wildman–Crippen LogP) is 3.29. The molecule has 1 saturated heterocycles. The van der Waals surface area contributed by atoms with Crippen LogP contribution in [0.3, 0.4) is 0 Å². The minimum absolute atomic E-state index is 0.156. The van der Waals surface area contributed by atoms with Crippen molar-refractivity contribution < 1.29 is 14.1 Å². The molecule has 1 aromatic carbocycles. The van der Waals surface area contributed by atoms with Gasteiger partial charge in [-0.2, -0.15) is 4.98 Å². The van der Waals surface area contributed by atoms with Crippen LogP contribution in [0, 0.1) is 12.8 Å². The highest BCUT2D eigenvalue weighted by molar-refractivity contribution is 5.79. The lowest BCUT2D eigenvalue weighted by Crippen LogP contribution is -2.49. The molecule has 0 spiro atoms. The van der Waals surface area contributed by atoms with Gasteiger partial charge in [0, 0.05) is 20.0 Å². The van der Waals surface area contributed by atoms with Crippen LogP contribution in [0.2, 0.25) is 0 Å². The molecule has 2 heterocycles. The highest BCUT2D eigenvalue weighted by atomic mass is 16.5. The zero-order valence-electron chi connectivity index (χ0n) is 16.1. The molecule has 1 aromatic heterocycles. The van der Waals surface area contributed by atoms with Crippen LogP contribution in [0.4, 0.5) is 0 Å². The van der Waals surface area contributed by atoms with Gasteiger partial charge < -0.3 is 14.2 Å². The number of aromatic nitrogens is 2. The molecule has 1 amide bonds. The van der Waals surface area contributed by atoms with Crippen LogP contribution in [0.1, 0.15) is 49.4 Å².